The molecule has 172 valence electrons. The maximum atomic E-state index is 12.3. The third-order valence-electron chi connectivity index (χ3n) is 4.72. The molecule has 0 radical (unpaired) electrons. The average molecular weight is 446 g/mol. The summed E-state index contributed by atoms with van der Waals surface area (Å²) in [6.45, 7) is 7.31. The van der Waals surface area contributed by atoms with E-state index < -0.39 is 6.43 Å². The Morgan fingerprint density at radius 3 is 2.59 bits per heavy atom. The van der Waals surface area contributed by atoms with Crippen molar-refractivity contribution in [3.05, 3.63) is 84.0 Å². The summed E-state index contributed by atoms with van der Waals surface area (Å²) in [5.74, 6) is 0.760. The minimum atomic E-state index is -2.37. The van der Waals surface area contributed by atoms with Crippen LogP contribution < -0.4 is 10.5 Å². The number of allylic oxidation sites excluding steroid dienone is 3. The number of ether oxygens (including phenoxy) is 1. The van der Waals surface area contributed by atoms with E-state index in [-0.39, 0.29) is 30.7 Å². The van der Waals surface area contributed by atoms with Crippen LogP contribution in [0.2, 0.25) is 0 Å². The van der Waals surface area contributed by atoms with E-state index in [1.54, 1.807) is 24.3 Å². The van der Waals surface area contributed by atoms with Crippen LogP contribution in [0.25, 0.3) is 0 Å². The molecule has 0 aliphatic rings. The van der Waals surface area contributed by atoms with Crippen molar-refractivity contribution in [2.45, 2.75) is 45.1 Å². The first-order chi connectivity index (χ1) is 15.3. The summed E-state index contributed by atoms with van der Waals surface area (Å²) in [4.78, 5) is 4.38. The van der Waals surface area contributed by atoms with E-state index in [1.807, 2.05) is 32.1 Å². The molecule has 2 rings (SSSR count). The summed E-state index contributed by atoms with van der Waals surface area (Å²) in [5.41, 5.74) is 8.40. The van der Waals surface area contributed by atoms with Gasteiger partial charge in [-0.25, -0.2) is 8.78 Å². The van der Waals surface area contributed by atoms with E-state index in [0.29, 0.717) is 23.7 Å². The van der Waals surface area contributed by atoms with E-state index in [9.17, 15) is 13.9 Å². The zero-order chi connectivity index (χ0) is 23.5. The van der Waals surface area contributed by atoms with Crippen LogP contribution in [0, 0.1) is 0 Å². The fourth-order valence-corrected chi connectivity index (χ4v) is 3.13. The first-order valence-corrected chi connectivity index (χ1v) is 10.2. The number of nitrogens with two attached hydrogens (primary N) is 1. The van der Waals surface area contributed by atoms with Crippen LogP contribution in [0.1, 0.15) is 43.9 Å². The van der Waals surface area contributed by atoms with Gasteiger partial charge in [-0.1, -0.05) is 42.1 Å². The van der Waals surface area contributed by atoms with Crippen LogP contribution in [0.5, 0.6) is 5.75 Å². The molecular formula is C24H29F2N3O3. The molecule has 0 bridgehead atoms. The third-order valence-corrected chi connectivity index (χ3v) is 4.72. The maximum Gasteiger partial charge on any atom is 0.242 e. The van der Waals surface area contributed by atoms with Crippen LogP contribution in [0.3, 0.4) is 0 Å². The van der Waals surface area contributed by atoms with Gasteiger partial charge in [-0.3, -0.25) is 4.99 Å². The van der Waals surface area contributed by atoms with Crippen molar-refractivity contribution in [1.82, 2.24) is 5.16 Å². The van der Waals surface area contributed by atoms with Gasteiger partial charge in [0.15, 0.2) is 0 Å². The number of amidine groups is 1. The number of halogens is 2. The molecule has 1 heterocycles. The number of aliphatic hydroxyl groups excluding tert-OH is 1. The molecule has 6 nitrogen and oxygen atoms in total. The second-order valence-corrected chi connectivity index (χ2v) is 7.22. The van der Waals surface area contributed by atoms with Crippen molar-refractivity contribution >= 4 is 5.84 Å². The van der Waals surface area contributed by atoms with E-state index in [4.69, 9.17) is 15.0 Å². The molecule has 32 heavy (non-hydrogen) atoms. The highest BCUT2D eigenvalue weighted by atomic mass is 19.3. The third kappa shape index (κ3) is 8.02. The van der Waals surface area contributed by atoms with Gasteiger partial charge in [-0.05, 0) is 37.1 Å². The number of hydrogen-bond acceptors (Lipinski definition) is 5. The van der Waals surface area contributed by atoms with Gasteiger partial charge in [0.05, 0.1) is 17.5 Å². The summed E-state index contributed by atoms with van der Waals surface area (Å²) < 4.78 is 35.2. The van der Waals surface area contributed by atoms with E-state index in [0.717, 1.165) is 11.1 Å². The lowest BCUT2D eigenvalue weighted by Gasteiger charge is -2.15. The fourth-order valence-electron chi connectivity index (χ4n) is 3.13. The second-order valence-electron chi connectivity index (χ2n) is 7.22. The van der Waals surface area contributed by atoms with Crippen molar-refractivity contribution in [2.75, 3.05) is 6.61 Å². The quantitative estimate of drug-likeness (QED) is 0.193. The Balaban J connectivity index is 1.98. The van der Waals surface area contributed by atoms with Crippen LogP contribution >= 0.6 is 0 Å². The average Bonchev–Trinajstić information content (AvgIpc) is 3.28. The van der Waals surface area contributed by atoms with Gasteiger partial charge in [0.1, 0.15) is 24.5 Å². The molecule has 8 heteroatoms. The number of aromatic nitrogens is 1. The van der Waals surface area contributed by atoms with Crippen LogP contribution in [0.4, 0.5) is 8.78 Å². The number of aliphatic imine (C=N–C) groups is 1. The predicted octanol–water partition coefficient (Wildman–Crippen LogP) is 5.55. The normalized spacial score (nSPS) is 14.7. The number of nitrogens with zero attached hydrogens (tertiary/aromatic N) is 2. The van der Waals surface area contributed by atoms with Crippen LogP contribution in [0.15, 0.2) is 82.2 Å². The predicted molar refractivity (Wildman–Crippen MR) is 121 cm³/mol. The first kappa shape index (κ1) is 24.8. The van der Waals surface area contributed by atoms with E-state index in [1.165, 1.54) is 12.3 Å². The highest BCUT2D eigenvalue weighted by Gasteiger charge is 2.18. The standard InChI is InChI=1S/C24H29F2N3O3/c1-4-18(6-5-7-23(25)26)17(3)28-24(27)15-31-20-10-8-19(9-11-20)21(14-16(2)30)22-12-13-32-29-22/h4-6,8-13,17,21,23,30H,2,7,14-15H2,1,3H3,(H2,27,28)/b6-5-,18-4+. The van der Waals surface area contributed by atoms with Crippen molar-refractivity contribution in [3.63, 3.8) is 0 Å². The second kappa shape index (κ2) is 12.4. The van der Waals surface area contributed by atoms with Gasteiger partial charge in [0.25, 0.3) is 0 Å². The number of rotatable bonds is 12. The minimum absolute atomic E-state index is 0.0565. The van der Waals surface area contributed by atoms with Crippen molar-refractivity contribution in [3.8, 4) is 5.75 Å². The van der Waals surface area contributed by atoms with Gasteiger partial charge in [-0.15, -0.1) is 0 Å². The summed E-state index contributed by atoms with van der Waals surface area (Å²) in [6.07, 6.45) is 4.02. The maximum absolute atomic E-state index is 12.3. The molecule has 0 saturated carbocycles. The van der Waals surface area contributed by atoms with Gasteiger partial charge in [0, 0.05) is 24.8 Å². The Kier molecular flexibility index (Phi) is 9.66. The summed E-state index contributed by atoms with van der Waals surface area (Å²) >= 11 is 0. The number of benzene rings is 1. The highest BCUT2D eigenvalue weighted by Crippen LogP contribution is 2.30. The highest BCUT2D eigenvalue weighted by molar-refractivity contribution is 5.82. The van der Waals surface area contributed by atoms with E-state index in [2.05, 4.69) is 16.7 Å². The SMILES string of the molecule is C=C(O)CC(c1ccc(OCC(N)=NC(C)C(/C=C\CC(F)F)=C/C)cc1)c1ccon1. The largest absolute Gasteiger partial charge is 0.513 e. The number of alkyl halides is 2. The first-order valence-electron chi connectivity index (χ1n) is 10.2. The van der Waals surface area contributed by atoms with E-state index >= 15 is 0 Å². The molecule has 0 spiro atoms. The summed E-state index contributed by atoms with van der Waals surface area (Å²) in [6, 6.07) is 8.80. The lowest BCUT2D eigenvalue weighted by Crippen LogP contribution is -2.23. The molecule has 0 amide bonds. The van der Waals surface area contributed by atoms with Crippen LogP contribution in [-0.2, 0) is 0 Å². The molecule has 0 aliphatic carbocycles. The Morgan fingerprint density at radius 1 is 1.31 bits per heavy atom. The molecule has 0 fully saturated rings. The molecule has 2 atom stereocenters. The Bertz CT molecular complexity index is 936. The topological polar surface area (TPSA) is 93.9 Å². The number of hydrogen-bond donors (Lipinski definition) is 2. The van der Waals surface area contributed by atoms with Crippen molar-refractivity contribution < 1.29 is 23.1 Å². The molecule has 2 aromatic rings. The van der Waals surface area contributed by atoms with Gasteiger partial charge >= 0.3 is 0 Å². The Hall–Kier alpha value is -3.42. The lowest BCUT2D eigenvalue weighted by molar-refractivity contribution is 0.152. The Labute approximate surface area is 186 Å². The van der Waals surface area contributed by atoms with Crippen molar-refractivity contribution in [2.24, 2.45) is 10.7 Å². The molecular weight excluding hydrogens is 416 g/mol. The molecule has 1 aromatic heterocycles. The number of aliphatic hydroxyl groups is 1. The molecule has 2 unspecified atom stereocenters. The zero-order valence-electron chi connectivity index (χ0n) is 18.2. The van der Waals surface area contributed by atoms with Crippen LogP contribution in [-0.4, -0.2) is 35.2 Å². The monoisotopic (exact) mass is 445 g/mol. The molecule has 3 N–H and O–H groups in total. The zero-order valence-corrected chi connectivity index (χ0v) is 18.2. The smallest absolute Gasteiger partial charge is 0.242 e. The molecule has 0 saturated heterocycles. The molecule has 0 aliphatic heterocycles. The lowest BCUT2D eigenvalue weighted by atomic mass is 9.92. The Morgan fingerprint density at radius 2 is 2.03 bits per heavy atom. The van der Waals surface area contributed by atoms with Gasteiger partial charge in [-0.2, -0.15) is 0 Å². The summed E-state index contributed by atoms with van der Waals surface area (Å²) in [5, 5.41) is 13.6. The summed E-state index contributed by atoms with van der Waals surface area (Å²) in [7, 11) is 0. The van der Waals surface area contributed by atoms with Crippen molar-refractivity contribution in [1.29, 1.82) is 0 Å². The van der Waals surface area contributed by atoms with Gasteiger partial charge in [0.2, 0.25) is 6.43 Å². The van der Waals surface area contributed by atoms with Gasteiger partial charge < -0.3 is 20.1 Å². The molecule has 1 aromatic carbocycles. The fraction of sp³-hybridized carbons (Fsp3) is 0.333. The minimum Gasteiger partial charge on any atom is -0.513 e.